The molecule has 1 unspecified atom stereocenters. The van der Waals surface area contributed by atoms with Crippen molar-refractivity contribution in [2.24, 2.45) is 5.92 Å². The topological polar surface area (TPSA) is 74.4 Å². The van der Waals surface area contributed by atoms with Crippen LogP contribution in [0, 0.1) is 5.92 Å². The Labute approximate surface area is 153 Å². The van der Waals surface area contributed by atoms with E-state index >= 15 is 0 Å². The molecule has 0 spiro atoms. The van der Waals surface area contributed by atoms with Gasteiger partial charge in [-0.15, -0.1) is 0 Å². The predicted octanol–water partition coefficient (Wildman–Crippen LogP) is 2.10. The van der Waals surface area contributed by atoms with Gasteiger partial charge in [0.15, 0.2) is 0 Å². The van der Waals surface area contributed by atoms with Gasteiger partial charge in [-0.25, -0.2) is 0 Å². The molecular formula is C20H27N3O3. The van der Waals surface area contributed by atoms with Crippen molar-refractivity contribution >= 4 is 22.8 Å². The van der Waals surface area contributed by atoms with Crippen molar-refractivity contribution < 1.29 is 14.3 Å². The number of fused-ring (bicyclic) bond motifs is 1. The van der Waals surface area contributed by atoms with Crippen LogP contribution in [0.4, 0.5) is 0 Å². The molecule has 6 nitrogen and oxygen atoms in total. The molecule has 1 fully saturated rings. The average Bonchev–Trinajstić information content (AvgIpc) is 3.05. The van der Waals surface area contributed by atoms with E-state index in [4.69, 9.17) is 4.74 Å². The molecule has 26 heavy (non-hydrogen) atoms. The zero-order valence-corrected chi connectivity index (χ0v) is 15.3. The van der Waals surface area contributed by atoms with Crippen molar-refractivity contribution in [3.63, 3.8) is 0 Å². The number of likely N-dealkylation sites (tertiary alicyclic amines) is 1. The molecule has 6 heteroatoms. The van der Waals surface area contributed by atoms with Crippen LogP contribution in [0.25, 0.3) is 10.9 Å². The van der Waals surface area contributed by atoms with E-state index in [0.29, 0.717) is 26.2 Å². The Kier molecular flexibility index (Phi) is 6.28. The minimum Gasteiger partial charge on any atom is -0.466 e. The van der Waals surface area contributed by atoms with E-state index < -0.39 is 0 Å². The summed E-state index contributed by atoms with van der Waals surface area (Å²) in [5.74, 6) is -0.242. The third-order valence-corrected chi connectivity index (χ3v) is 4.88. The van der Waals surface area contributed by atoms with E-state index in [1.807, 2.05) is 36.2 Å². The van der Waals surface area contributed by atoms with Gasteiger partial charge in [0.25, 0.3) is 0 Å². The molecule has 2 N–H and O–H groups in total. The number of carbonyl (C=O) groups excluding carboxylic acids is 2. The van der Waals surface area contributed by atoms with Crippen molar-refractivity contribution in [3.05, 3.63) is 36.0 Å². The fourth-order valence-electron chi connectivity index (χ4n) is 3.59. The fourth-order valence-corrected chi connectivity index (χ4v) is 3.59. The average molecular weight is 357 g/mol. The molecule has 0 aliphatic carbocycles. The van der Waals surface area contributed by atoms with Gasteiger partial charge in [0.05, 0.1) is 19.1 Å². The predicted molar refractivity (Wildman–Crippen MR) is 101 cm³/mol. The molecule has 0 bridgehead atoms. The lowest BCUT2D eigenvalue weighted by Crippen LogP contribution is -2.44. The van der Waals surface area contributed by atoms with E-state index in [0.717, 1.165) is 31.3 Å². The number of piperidine rings is 1. The summed E-state index contributed by atoms with van der Waals surface area (Å²) < 4.78 is 5.11. The number of nitrogens with zero attached hydrogens (tertiary/aromatic N) is 1. The van der Waals surface area contributed by atoms with E-state index in [1.165, 1.54) is 10.9 Å². The van der Waals surface area contributed by atoms with E-state index in [-0.39, 0.29) is 17.8 Å². The van der Waals surface area contributed by atoms with Gasteiger partial charge < -0.3 is 15.0 Å². The highest BCUT2D eigenvalue weighted by Crippen LogP contribution is 2.18. The Morgan fingerprint density at radius 3 is 3.04 bits per heavy atom. The number of esters is 1. The van der Waals surface area contributed by atoms with Crippen LogP contribution in [-0.2, 0) is 20.7 Å². The Balaban J connectivity index is 1.43. The molecule has 1 aromatic heterocycles. The number of aromatic nitrogens is 1. The molecule has 1 amide bonds. The SMILES string of the molecule is CCOC(=O)C1CCCN(CC(=O)NCCc2c[nH]c3ccccc23)C1. The number of hydrogen-bond acceptors (Lipinski definition) is 4. The fraction of sp³-hybridized carbons (Fsp3) is 0.500. The second-order valence-electron chi connectivity index (χ2n) is 6.79. The number of aromatic amines is 1. The van der Waals surface area contributed by atoms with Crippen molar-refractivity contribution in [2.45, 2.75) is 26.2 Å². The molecule has 2 aromatic rings. The number of amides is 1. The monoisotopic (exact) mass is 357 g/mol. The maximum Gasteiger partial charge on any atom is 0.310 e. The zero-order valence-electron chi connectivity index (χ0n) is 15.3. The highest BCUT2D eigenvalue weighted by atomic mass is 16.5. The molecule has 0 saturated carbocycles. The quantitative estimate of drug-likeness (QED) is 0.744. The number of carbonyl (C=O) groups is 2. The van der Waals surface area contributed by atoms with Gasteiger partial charge in [0.2, 0.25) is 5.91 Å². The Morgan fingerprint density at radius 2 is 2.19 bits per heavy atom. The number of benzene rings is 1. The summed E-state index contributed by atoms with van der Waals surface area (Å²) in [6.07, 6.45) is 4.57. The smallest absolute Gasteiger partial charge is 0.310 e. The summed E-state index contributed by atoms with van der Waals surface area (Å²) in [6.45, 7) is 4.63. The van der Waals surface area contributed by atoms with Gasteiger partial charge >= 0.3 is 5.97 Å². The maximum atomic E-state index is 12.2. The van der Waals surface area contributed by atoms with Gasteiger partial charge in [-0.05, 0) is 44.4 Å². The Morgan fingerprint density at radius 1 is 1.35 bits per heavy atom. The summed E-state index contributed by atoms with van der Waals surface area (Å²) in [4.78, 5) is 29.4. The molecule has 1 aliphatic rings. The number of nitrogens with one attached hydrogen (secondary N) is 2. The first kappa shape index (κ1) is 18.5. The van der Waals surface area contributed by atoms with Gasteiger partial charge in [0.1, 0.15) is 0 Å². The van der Waals surface area contributed by atoms with Gasteiger partial charge in [-0.2, -0.15) is 0 Å². The second kappa shape index (κ2) is 8.85. The normalized spacial score (nSPS) is 18.0. The molecule has 1 atom stereocenters. The molecule has 2 heterocycles. The molecule has 1 aliphatic heterocycles. The minimum absolute atomic E-state index is 0.00866. The third-order valence-electron chi connectivity index (χ3n) is 4.88. The van der Waals surface area contributed by atoms with Crippen LogP contribution in [0.2, 0.25) is 0 Å². The molecule has 1 saturated heterocycles. The second-order valence-corrected chi connectivity index (χ2v) is 6.79. The maximum absolute atomic E-state index is 12.2. The van der Waals surface area contributed by atoms with Crippen molar-refractivity contribution in [1.29, 1.82) is 0 Å². The van der Waals surface area contributed by atoms with E-state index in [9.17, 15) is 9.59 Å². The molecule has 140 valence electrons. The number of H-pyrrole nitrogens is 1. The summed E-state index contributed by atoms with van der Waals surface area (Å²) in [5.41, 5.74) is 2.33. The largest absolute Gasteiger partial charge is 0.466 e. The summed E-state index contributed by atoms with van der Waals surface area (Å²) in [7, 11) is 0. The first-order valence-electron chi connectivity index (χ1n) is 9.38. The molecular weight excluding hydrogens is 330 g/mol. The van der Waals surface area contributed by atoms with Crippen LogP contribution >= 0.6 is 0 Å². The van der Waals surface area contributed by atoms with Gasteiger partial charge in [-0.3, -0.25) is 14.5 Å². The Hall–Kier alpha value is -2.34. The van der Waals surface area contributed by atoms with Gasteiger partial charge in [-0.1, -0.05) is 18.2 Å². The van der Waals surface area contributed by atoms with Crippen LogP contribution in [-0.4, -0.2) is 54.5 Å². The molecule has 3 rings (SSSR count). The molecule has 1 aromatic carbocycles. The summed E-state index contributed by atoms with van der Waals surface area (Å²) in [5, 5.41) is 4.20. The first-order valence-corrected chi connectivity index (χ1v) is 9.38. The lowest BCUT2D eigenvalue weighted by Gasteiger charge is -2.30. The van der Waals surface area contributed by atoms with Gasteiger partial charge in [0, 0.05) is 30.2 Å². The minimum atomic E-state index is -0.142. The standard InChI is InChI=1S/C20H27N3O3/c1-2-26-20(25)16-6-5-11-23(13-16)14-19(24)21-10-9-15-12-22-18-8-4-3-7-17(15)18/h3-4,7-8,12,16,22H,2,5-6,9-11,13-14H2,1H3,(H,21,24). The number of hydrogen-bond donors (Lipinski definition) is 2. The lowest BCUT2D eigenvalue weighted by molar-refractivity contribution is -0.150. The highest BCUT2D eigenvalue weighted by molar-refractivity contribution is 5.83. The third kappa shape index (κ3) is 4.64. The number of para-hydroxylation sites is 1. The van der Waals surface area contributed by atoms with Crippen molar-refractivity contribution in [2.75, 3.05) is 32.8 Å². The lowest BCUT2D eigenvalue weighted by atomic mass is 9.98. The first-order chi connectivity index (χ1) is 12.7. The summed E-state index contributed by atoms with van der Waals surface area (Å²) >= 11 is 0. The van der Waals surface area contributed by atoms with Crippen LogP contribution < -0.4 is 5.32 Å². The summed E-state index contributed by atoms with van der Waals surface area (Å²) in [6, 6.07) is 8.17. The van der Waals surface area contributed by atoms with Crippen LogP contribution in [0.5, 0.6) is 0 Å². The number of ether oxygens (including phenoxy) is 1. The highest BCUT2D eigenvalue weighted by Gasteiger charge is 2.27. The van der Waals surface area contributed by atoms with Crippen LogP contribution in [0.3, 0.4) is 0 Å². The van der Waals surface area contributed by atoms with Crippen LogP contribution in [0.15, 0.2) is 30.5 Å². The zero-order chi connectivity index (χ0) is 18.4. The van der Waals surface area contributed by atoms with Crippen molar-refractivity contribution in [3.8, 4) is 0 Å². The van der Waals surface area contributed by atoms with Crippen molar-refractivity contribution in [1.82, 2.24) is 15.2 Å². The number of rotatable bonds is 7. The van der Waals surface area contributed by atoms with E-state index in [2.05, 4.69) is 16.4 Å². The molecule has 0 radical (unpaired) electrons. The van der Waals surface area contributed by atoms with E-state index in [1.54, 1.807) is 0 Å². The Bertz CT molecular complexity index is 756. The van der Waals surface area contributed by atoms with Crippen LogP contribution in [0.1, 0.15) is 25.3 Å².